The molecule has 3 aromatic rings. The number of rotatable bonds is 2. The summed E-state index contributed by atoms with van der Waals surface area (Å²) in [7, 11) is 0. The van der Waals surface area contributed by atoms with Crippen molar-refractivity contribution in [3.63, 3.8) is 0 Å². The van der Waals surface area contributed by atoms with Crippen molar-refractivity contribution in [1.82, 2.24) is 4.98 Å². The Hall–Kier alpha value is -2.73. The Morgan fingerprint density at radius 3 is 2.92 bits per heavy atom. The molecule has 2 heterocycles. The number of carbonyl (C=O) groups is 2. The van der Waals surface area contributed by atoms with E-state index in [2.05, 4.69) is 10.3 Å². The molecule has 1 aliphatic heterocycles. The van der Waals surface area contributed by atoms with Crippen LogP contribution in [0.3, 0.4) is 0 Å². The number of anilines is 1. The number of benzene rings is 2. The SMILES string of the molecule is Cc1cccc2sc(NC(=O)C3Cc4ccccc4C(=O)O3)nc12. The molecular formula is C18H14N2O3S. The maximum absolute atomic E-state index is 12.5. The van der Waals surface area contributed by atoms with Crippen molar-refractivity contribution in [2.45, 2.75) is 19.4 Å². The van der Waals surface area contributed by atoms with E-state index in [0.29, 0.717) is 17.1 Å². The molecular weight excluding hydrogens is 324 g/mol. The molecule has 4 rings (SSSR count). The zero-order chi connectivity index (χ0) is 16.7. The minimum Gasteiger partial charge on any atom is -0.448 e. The molecule has 2 aromatic carbocycles. The van der Waals surface area contributed by atoms with Gasteiger partial charge in [-0.3, -0.25) is 10.1 Å². The number of para-hydroxylation sites is 1. The summed E-state index contributed by atoms with van der Waals surface area (Å²) in [5.41, 5.74) is 3.29. The molecule has 0 aliphatic carbocycles. The lowest BCUT2D eigenvalue weighted by atomic mass is 9.98. The molecule has 0 spiro atoms. The quantitative estimate of drug-likeness (QED) is 0.728. The number of carbonyl (C=O) groups excluding carboxylic acids is 2. The van der Waals surface area contributed by atoms with Crippen LogP contribution in [-0.2, 0) is 16.0 Å². The number of hydrogen-bond acceptors (Lipinski definition) is 5. The van der Waals surface area contributed by atoms with Gasteiger partial charge in [-0.05, 0) is 30.2 Å². The zero-order valence-corrected chi connectivity index (χ0v) is 13.7. The van der Waals surface area contributed by atoms with Crippen LogP contribution in [0.1, 0.15) is 21.5 Å². The molecule has 5 nitrogen and oxygen atoms in total. The summed E-state index contributed by atoms with van der Waals surface area (Å²) < 4.78 is 6.28. The molecule has 1 aliphatic rings. The topological polar surface area (TPSA) is 68.3 Å². The van der Waals surface area contributed by atoms with Crippen LogP contribution in [0, 0.1) is 6.92 Å². The van der Waals surface area contributed by atoms with Crippen molar-refractivity contribution < 1.29 is 14.3 Å². The first-order valence-corrected chi connectivity index (χ1v) is 8.39. The Balaban J connectivity index is 1.56. The highest BCUT2D eigenvalue weighted by Gasteiger charge is 2.31. The number of cyclic esters (lactones) is 1. The number of aromatic nitrogens is 1. The third-order valence-electron chi connectivity index (χ3n) is 4.04. The second-order valence-electron chi connectivity index (χ2n) is 5.69. The number of aryl methyl sites for hydroxylation is 1. The third-order valence-corrected chi connectivity index (χ3v) is 4.97. The minimum absolute atomic E-state index is 0.352. The fourth-order valence-corrected chi connectivity index (χ4v) is 3.75. The number of amides is 1. The second-order valence-corrected chi connectivity index (χ2v) is 6.72. The molecule has 0 bridgehead atoms. The van der Waals surface area contributed by atoms with Crippen molar-refractivity contribution in [2.24, 2.45) is 0 Å². The number of thiazole rings is 1. The lowest BCUT2D eigenvalue weighted by Crippen LogP contribution is -2.37. The summed E-state index contributed by atoms with van der Waals surface area (Å²) in [6.07, 6.45) is -0.460. The predicted molar refractivity (Wildman–Crippen MR) is 92.3 cm³/mol. The first-order chi connectivity index (χ1) is 11.6. The first-order valence-electron chi connectivity index (χ1n) is 7.58. The Morgan fingerprint density at radius 1 is 1.25 bits per heavy atom. The molecule has 24 heavy (non-hydrogen) atoms. The van der Waals surface area contributed by atoms with Crippen molar-refractivity contribution in [3.8, 4) is 0 Å². The average Bonchev–Trinajstić information content (AvgIpc) is 2.99. The molecule has 0 saturated carbocycles. The van der Waals surface area contributed by atoms with Gasteiger partial charge in [0.15, 0.2) is 11.2 Å². The summed E-state index contributed by atoms with van der Waals surface area (Å²) in [5, 5.41) is 3.28. The molecule has 6 heteroatoms. The number of fused-ring (bicyclic) bond motifs is 2. The fraction of sp³-hybridized carbons (Fsp3) is 0.167. The Morgan fingerprint density at radius 2 is 2.08 bits per heavy atom. The van der Waals surface area contributed by atoms with E-state index in [1.54, 1.807) is 12.1 Å². The van der Waals surface area contributed by atoms with Crippen LogP contribution >= 0.6 is 11.3 Å². The molecule has 1 amide bonds. The highest BCUT2D eigenvalue weighted by Crippen LogP contribution is 2.28. The van der Waals surface area contributed by atoms with Crippen LogP contribution in [0.5, 0.6) is 0 Å². The number of nitrogens with one attached hydrogen (secondary N) is 1. The van der Waals surface area contributed by atoms with Gasteiger partial charge < -0.3 is 4.74 Å². The molecule has 1 N–H and O–H groups in total. The van der Waals surface area contributed by atoms with Crippen LogP contribution in [-0.4, -0.2) is 23.0 Å². The Bertz CT molecular complexity index is 964. The zero-order valence-electron chi connectivity index (χ0n) is 12.9. The normalized spacial score (nSPS) is 16.5. The van der Waals surface area contributed by atoms with Crippen LogP contribution in [0.4, 0.5) is 5.13 Å². The van der Waals surface area contributed by atoms with Crippen LogP contribution < -0.4 is 5.32 Å². The van der Waals surface area contributed by atoms with Crippen molar-refractivity contribution >= 4 is 38.6 Å². The highest BCUT2D eigenvalue weighted by molar-refractivity contribution is 7.22. The molecule has 1 aromatic heterocycles. The summed E-state index contributed by atoms with van der Waals surface area (Å²) in [5.74, 6) is -0.813. The standard InChI is InChI=1S/C18H14N2O3S/c1-10-5-4-8-14-15(10)19-18(24-14)20-16(21)13-9-11-6-2-3-7-12(11)17(22)23-13/h2-8,13H,9H2,1H3,(H,19,20,21). The van der Waals surface area contributed by atoms with E-state index in [1.165, 1.54) is 11.3 Å². The van der Waals surface area contributed by atoms with E-state index in [1.807, 2.05) is 37.3 Å². The number of nitrogens with zero attached hydrogens (tertiary/aromatic N) is 1. The Kier molecular flexibility index (Phi) is 3.54. The van der Waals surface area contributed by atoms with E-state index in [-0.39, 0.29) is 5.91 Å². The second kappa shape index (κ2) is 5.72. The van der Waals surface area contributed by atoms with Gasteiger partial charge in [0, 0.05) is 6.42 Å². The summed E-state index contributed by atoms with van der Waals surface area (Å²) in [6, 6.07) is 13.1. The maximum Gasteiger partial charge on any atom is 0.339 e. The van der Waals surface area contributed by atoms with Gasteiger partial charge in [-0.15, -0.1) is 0 Å². The van der Waals surface area contributed by atoms with Gasteiger partial charge >= 0.3 is 5.97 Å². The van der Waals surface area contributed by atoms with E-state index in [9.17, 15) is 9.59 Å². The summed E-state index contributed by atoms with van der Waals surface area (Å²) in [4.78, 5) is 28.9. The largest absolute Gasteiger partial charge is 0.448 e. The number of esters is 1. The van der Waals surface area contributed by atoms with Crippen molar-refractivity contribution in [1.29, 1.82) is 0 Å². The summed E-state index contributed by atoms with van der Waals surface area (Å²) in [6.45, 7) is 1.98. The van der Waals surface area contributed by atoms with Crippen LogP contribution in [0.15, 0.2) is 42.5 Å². The number of hydrogen-bond donors (Lipinski definition) is 1. The van der Waals surface area contributed by atoms with Gasteiger partial charge in [0.2, 0.25) is 0 Å². The molecule has 0 saturated heterocycles. The molecule has 1 unspecified atom stereocenters. The van der Waals surface area contributed by atoms with Gasteiger partial charge in [0.25, 0.3) is 5.91 Å². The fourth-order valence-electron chi connectivity index (χ4n) is 2.80. The van der Waals surface area contributed by atoms with E-state index in [4.69, 9.17) is 4.74 Å². The Labute approximate surface area is 142 Å². The lowest BCUT2D eigenvalue weighted by Gasteiger charge is -2.23. The van der Waals surface area contributed by atoms with E-state index < -0.39 is 12.1 Å². The molecule has 0 radical (unpaired) electrons. The van der Waals surface area contributed by atoms with Crippen molar-refractivity contribution in [3.05, 3.63) is 59.2 Å². The molecule has 1 atom stereocenters. The first kappa shape index (κ1) is 14.8. The van der Waals surface area contributed by atoms with Crippen molar-refractivity contribution in [2.75, 3.05) is 5.32 Å². The van der Waals surface area contributed by atoms with E-state index in [0.717, 1.165) is 21.3 Å². The highest BCUT2D eigenvalue weighted by atomic mass is 32.1. The number of ether oxygens (including phenoxy) is 1. The molecule has 120 valence electrons. The van der Waals surface area contributed by atoms with Gasteiger partial charge in [-0.2, -0.15) is 0 Å². The third kappa shape index (κ3) is 2.55. The predicted octanol–water partition coefficient (Wildman–Crippen LogP) is 3.32. The maximum atomic E-state index is 12.5. The summed E-state index contributed by atoms with van der Waals surface area (Å²) >= 11 is 1.41. The monoisotopic (exact) mass is 338 g/mol. The van der Waals surface area contributed by atoms with E-state index >= 15 is 0 Å². The average molecular weight is 338 g/mol. The van der Waals surface area contributed by atoms with Gasteiger partial charge in [0.05, 0.1) is 15.8 Å². The van der Waals surface area contributed by atoms with Crippen LogP contribution in [0.25, 0.3) is 10.2 Å². The van der Waals surface area contributed by atoms with Gasteiger partial charge in [0.1, 0.15) is 0 Å². The molecule has 0 fully saturated rings. The van der Waals surface area contributed by atoms with Gasteiger partial charge in [-0.25, -0.2) is 9.78 Å². The van der Waals surface area contributed by atoms with Crippen LogP contribution in [0.2, 0.25) is 0 Å². The smallest absolute Gasteiger partial charge is 0.339 e. The minimum atomic E-state index is -0.833. The lowest BCUT2D eigenvalue weighted by molar-refractivity contribution is -0.125. The van der Waals surface area contributed by atoms with Gasteiger partial charge in [-0.1, -0.05) is 41.7 Å².